The molecule has 0 aromatic heterocycles. The van der Waals surface area contributed by atoms with Gasteiger partial charge in [0.15, 0.2) is 0 Å². The average Bonchev–Trinajstić information content (AvgIpc) is 2.38. The molecule has 0 heterocycles. The Hall–Kier alpha value is -1.59. The highest BCUT2D eigenvalue weighted by Crippen LogP contribution is 2.30. The second-order valence-corrected chi connectivity index (χ2v) is 5.44. The molecular formula is C15H15F3OSi. The Morgan fingerprint density at radius 1 is 0.950 bits per heavy atom. The fourth-order valence-electron chi connectivity index (χ4n) is 1.97. The van der Waals surface area contributed by atoms with Crippen molar-refractivity contribution in [1.29, 1.82) is 0 Å². The van der Waals surface area contributed by atoms with E-state index in [2.05, 4.69) is 0 Å². The Morgan fingerprint density at radius 3 is 1.90 bits per heavy atom. The first-order valence-corrected chi connectivity index (χ1v) is 6.97. The molecular weight excluding hydrogens is 281 g/mol. The molecule has 0 unspecified atom stereocenters. The summed E-state index contributed by atoms with van der Waals surface area (Å²) in [5.74, 6) is -2.74. The minimum Gasteiger partial charge on any atom is -0.419 e. The summed E-state index contributed by atoms with van der Waals surface area (Å²) in [6.45, 7) is 3.85. The van der Waals surface area contributed by atoms with Gasteiger partial charge in [-0.15, -0.1) is 0 Å². The van der Waals surface area contributed by atoms with E-state index >= 15 is 0 Å². The molecule has 5 heteroatoms. The molecule has 0 aliphatic carbocycles. The van der Waals surface area contributed by atoms with E-state index in [1.165, 1.54) is 0 Å². The van der Waals surface area contributed by atoms with Gasteiger partial charge in [-0.3, -0.25) is 0 Å². The third kappa shape index (κ3) is 2.78. The lowest BCUT2D eigenvalue weighted by Gasteiger charge is -2.24. The molecule has 2 rings (SSSR count). The van der Waals surface area contributed by atoms with Crippen molar-refractivity contribution in [3.63, 3.8) is 0 Å². The van der Waals surface area contributed by atoms with Crippen molar-refractivity contribution in [2.24, 2.45) is 0 Å². The van der Waals surface area contributed by atoms with E-state index in [1.54, 1.807) is 24.3 Å². The van der Waals surface area contributed by atoms with Crippen molar-refractivity contribution < 1.29 is 17.6 Å². The summed E-state index contributed by atoms with van der Waals surface area (Å²) in [6.07, 6.45) is 0. The van der Waals surface area contributed by atoms with Crippen molar-refractivity contribution in [2.45, 2.75) is 19.4 Å². The van der Waals surface area contributed by atoms with Crippen molar-refractivity contribution in [2.75, 3.05) is 0 Å². The lowest BCUT2D eigenvalue weighted by molar-refractivity contribution is 0.123. The molecule has 1 nitrogen and oxygen atoms in total. The van der Waals surface area contributed by atoms with E-state index in [9.17, 15) is 13.2 Å². The van der Waals surface area contributed by atoms with Crippen LogP contribution in [0.15, 0.2) is 36.4 Å². The summed E-state index contributed by atoms with van der Waals surface area (Å²) in [4.78, 5) is 0. The molecule has 0 aliphatic heterocycles. The molecule has 0 saturated carbocycles. The first-order chi connectivity index (χ1) is 9.35. The van der Waals surface area contributed by atoms with Crippen LogP contribution in [0.5, 0.6) is 0 Å². The summed E-state index contributed by atoms with van der Waals surface area (Å²) in [7, 11) is 0.590. The van der Waals surface area contributed by atoms with Crippen LogP contribution < -0.4 is 0 Å². The van der Waals surface area contributed by atoms with Gasteiger partial charge in [0.05, 0.1) is 11.2 Å². The van der Waals surface area contributed by atoms with E-state index in [4.69, 9.17) is 4.43 Å². The molecule has 0 amide bonds. The van der Waals surface area contributed by atoms with Crippen LogP contribution in [0.3, 0.4) is 0 Å². The zero-order valence-corrected chi connectivity index (χ0v) is 13.5. The van der Waals surface area contributed by atoms with Crippen LogP contribution in [-0.2, 0) is 10.0 Å². The minimum atomic E-state index is -0.925. The fraction of sp³-hybridized carbons (Fsp3) is 0.200. The van der Waals surface area contributed by atoms with Gasteiger partial charge in [-0.2, -0.15) is 0 Å². The highest BCUT2D eigenvalue weighted by atomic mass is 28.2. The predicted molar refractivity (Wildman–Crippen MR) is 75.8 cm³/mol. The lowest BCUT2D eigenvalue weighted by atomic mass is 9.95. The van der Waals surface area contributed by atoms with E-state index in [0.717, 1.165) is 5.56 Å². The first-order valence-electron chi connectivity index (χ1n) is 6.16. The topological polar surface area (TPSA) is 9.23 Å². The van der Waals surface area contributed by atoms with Crippen molar-refractivity contribution in [3.05, 3.63) is 59.4 Å². The summed E-state index contributed by atoms with van der Waals surface area (Å²) in [5, 5.41) is 0. The number of halogens is 3. The highest BCUT2D eigenvalue weighted by Gasteiger charge is 2.19. The molecule has 20 heavy (non-hydrogen) atoms. The Morgan fingerprint density at radius 2 is 1.45 bits per heavy atom. The monoisotopic (exact) mass is 296 g/mol. The van der Waals surface area contributed by atoms with Gasteiger partial charge >= 0.3 is 0 Å². The number of hydrogen-bond acceptors (Lipinski definition) is 1. The number of hydrogen-bond donors (Lipinski definition) is 0. The predicted octanol–water partition coefficient (Wildman–Crippen LogP) is 3.30. The Labute approximate surface area is 118 Å². The van der Waals surface area contributed by atoms with Gasteiger partial charge in [0.25, 0.3) is 0 Å². The molecule has 0 spiro atoms. The Balaban J connectivity index is 2.46. The third-order valence-electron chi connectivity index (χ3n) is 3.39. The number of benzene rings is 2. The van der Waals surface area contributed by atoms with Gasteiger partial charge in [-0.1, -0.05) is 24.3 Å². The van der Waals surface area contributed by atoms with Crippen LogP contribution in [0.2, 0.25) is 0 Å². The quantitative estimate of drug-likeness (QED) is 0.790. The van der Waals surface area contributed by atoms with Crippen LogP contribution in [-0.4, -0.2) is 10.5 Å². The van der Waals surface area contributed by atoms with Crippen LogP contribution in [0.1, 0.15) is 19.4 Å². The van der Waals surface area contributed by atoms with E-state index in [-0.39, 0.29) is 5.56 Å². The van der Waals surface area contributed by atoms with Crippen molar-refractivity contribution in [1.82, 2.24) is 0 Å². The molecule has 0 aliphatic rings. The van der Waals surface area contributed by atoms with Crippen LogP contribution in [0, 0.1) is 17.5 Å². The highest BCUT2D eigenvalue weighted by molar-refractivity contribution is 5.98. The van der Waals surface area contributed by atoms with Crippen LogP contribution >= 0.6 is 0 Å². The second-order valence-electron chi connectivity index (χ2n) is 5.04. The van der Waals surface area contributed by atoms with Gasteiger partial charge in [0.2, 0.25) is 0 Å². The summed E-state index contributed by atoms with van der Waals surface area (Å²) < 4.78 is 45.8. The van der Waals surface area contributed by atoms with Gasteiger partial charge in [-0.25, -0.2) is 13.2 Å². The fourth-order valence-corrected chi connectivity index (χ4v) is 2.21. The molecule has 0 atom stereocenters. The SMILES string of the molecule is CC(C)(O[SiH3])c1ccc(-c2c(F)cc(F)cc2F)cc1. The Kier molecular flexibility index (Phi) is 4.01. The molecule has 0 bridgehead atoms. The molecule has 106 valence electrons. The normalized spacial score (nSPS) is 11.8. The first kappa shape index (κ1) is 14.8. The molecule has 2 aromatic rings. The molecule has 2 aromatic carbocycles. The summed E-state index contributed by atoms with van der Waals surface area (Å²) in [5.41, 5.74) is 0.639. The maximum atomic E-state index is 13.7. The zero-order valence-electron chi connectivity index (χ0n) is 11.5. The molecule has 0 N–H and O–H groups in total. The largest absolute Gasteiger partial charge is 0.419 e. The minimum absolute atomic E-state index is 0.220. The second kappa shape index (κ2) is 5.42. The van der Waals surface area contributed by atoms with E-state index in [0.29, 0.717) is 28.2 Å². The van der Waals surface area contributed by atoms with Gasteiger partial charge < -0.3 is 4.43 Å². The van der Waals surface area contributed by atoms with E-state index in [1.807, 2.05) is 13.8 Å². The van der Waals surface area contributed by atoms with Crippen molar-refractivity contribution >= 4 is 10.5 Å². The zero-order chi connectivity index (χ0) is 14.9. The Bertz CT molecular complexity index is 601. The standard InChI is InChI=1S/C15H15F3OSi/c1-15(2,19-20)10-5-3-9(4-6-10)14-12(17)7-11(16)8-13(14)18/h3-8H,1-2,20H3. The van der Waals surface area contributed by atoms with Gasteiger partial charge in [0.1, 0.15) is 27.9 Å². The number of rotatable bonds is 3. The van der Waals surface area contributed by atoms with Crippen molar-refractivity contribution in [3.8, 4) is 11.1 Å². The molecule has 0 saturated heterocycles. The maximum absolute atomic E-state index is 13.7. The summed E-state index contributed by atoms with van der Waals surface area (Å²) >= 11 is 0. The third-order valence-corrected chi connectivity index (χ3v) is 4.41. The lowest BCUT2D eigenvalue weighted by Crippen LogP contribution is -2.19. The van der Waals surface area contributed by atoms with E-state index < -0.39 is 23.1 Å². The van der Waals surface area contributed by atoms with Gasteiger partial charge in [0, 0.05) is 12.1 Å². The molecule has 0 fully saturated rings. The van der Waals surface area contributed by atoms with Crippen LogP contribution in [0.4, 0.5) is 13.2 Å². The van der Waals surface area contributed by atoms with Gasteiger partial charge in [-0.05, 0) is 25.0 Å². The molecule has 0 radical (unpaired) electrons. The van der Waals surface area contributed by atoms with Crippen LogP contribution in [0.25, 0.3) is 11.1 Å². The average molecular weight is 296 g/mol. The maximum Gasteiger partial charge on any atom is 0.147 e. The summed E-state index contributed by atoms with van der Waals surface area (Å²) in [6, 6.07) is 8.09. The smallest absolute Gasteiger partial charge is 0.147 e.